The molecule has 6 nitrogen and oxygen atoms in total. The minimum absolute atomic E-state index is 0.196. The van der Waals surface area contributed by atoms with Gasteiger partial charge in [-0.05, 0) is 39.2 Å². The van der Waals surface area contributed by atoms with E-state index in [1.54, 1.807) is 23.4 Å². The second kappa shape index (κ2) is 6.51. The molecule has 21 heavy (non-hydrogen) atoms. The Kier molecular flexibility index (Phi) is 4.92. The van der Waals surface area contributed by atoms with Gasteiger partial charge in [0, 0.05) is 31.2 Å². The highest BCUT2D eigenvalue weighted by molar-refractivity contribution is 7.84. The topological polar surface area (TPSA) is 72.4 Å². The highest BCUT2D eigenvalue weighted by atomic mass is 32.2. The molecule has 2 atom stereocenters. The summed E-state index contributed by atoms with van der Waals surface area (Å²) < 4.78 is 17.5. The highest BCUT2D eigenvalue weighted by Crippen LogP contribution is 2.21. The number of hydrogen-bond acceptors (Lipinski definition) is 5. The Morgan fingerprint density at radius 1 is 1.43 bits per heavy atom. The van der Waals surface area contributed by atoms with Crippen molar-refractivity contribution < 1.29 is 13.7 Å². The van der Waals surface area contributed by atoms with Gasteiger partial charge in [0.1, 0.15) is 5.60 Å². The zero-order valence-electron chi connectivity index (χ0n) is 12.6. The van der Waals surface area contributed by atoms with E-state index in [2.05, 4.69) is 9.97 Å². The Balaban J connectivity index is 1.86. The highest BCUT2D eigenvalue weighted by Gasteiger charge is 2.31. The lowest BCUT2D eigenvalue weighted by atomic mass is 10.2. The van der Waals surface area contributed by atoms with Crippen LogP contribution in [-0.2, 0) is 15.5 Å². The molecule has 0 N–H and O–H groups in total. The summed E-state index contributed by atoms with van der Waals surface area (Å²) in [7, 11) is -1.22. The van der Waals surface area contributed by atoms with Crippen molar-refractivity contribution in [1.82, 2.24) is 14.9 Å². The van der Waals surface area contributed by atoms with Gasteiger partial charge in [0.2, 0.25) is 5.16 Å². The maximum absolute atomic E-state index is 12.2. The number of carbonyl (C=O) groups is 1. The van der Waals surface area contributed by atoms with Crippen LogP contribution in [-0.4, -0.2) is 49.6 Å². The van der Waals surface area contributed by atoms with Crippen LogP contribution in [0.1, 0.15) is 27.2 Å². The van der Waals surface area contributed by atoms with Crippen LogP contribution in [0.15, 0.2) is 23.6 Å². The summed E-state index contributed by atoms with van der Waals surface area (Å²) in [4.78, 5) is 21.7. The number of nitrogens with zero attached hydrogens (tertiary/aromatic N) is 3. The second-order valence-electron chi connectivity index (χ2n) is 6.12. The molecule has 1 aliphatic heterocycles. The first-order chi connectivity index (χ1) is 9.85. The third-order valence-electron chi connectivity index (χ3n) is 3.07. The average molecular weight is 311 g/mol. The van der Waals surface area contributed by atoms with Crippen molar-refractivity contribution in [2.75, 3.05) is 18.8 Å². The zero-order valence-corrected chi connectivity index (χ0v) is 13.4. The zero-order chi connectivity index (χ0) is 15.5. The summed E-state index contributed by atoms with van der Waals surface area (Å²) >= 11 is 0. The molecular formula is C14H21N3O3S. The van der Waals surface area contributed by atoms with Gasteiger partial charge in [-0.25, -0.2) is 14.8 Å². The Morgan fingerprint density at radius 2 is 2.10 bits per heavy atom. The molecule has 0 radical (unpaired) electrons. The summed E-state index contributed by atoms with van der Waals surface area (Å²) in [5.41, 5.74) is -0.490. The van der Waals surface area contributed by atoms with Gasteiger partial charge in [-0.3, -0.25) is 4.21 Å². The SMILES string of the molecule is CC(C)(C)OC(=O)N1CC[C@@H](C[S@](=O)c2ncccn2)C1. The molecule has 0 unspecified atom stereocenters. The normalized spacial score (nSPS) is 20.3. The van der Waals surface area contributed by atoms with Crippen molar-refractivity contribution in [2.24, 2.45) is 5.92 Å². The monoisotopic (exact) mass is 311 g/mol. The van der Waals surface area contributed by atoms with Crippen LogP contribution in [0.4, 0.5) is 4.79 Å². The largest absolute Gasteiger partial charge is 0.444 e. The molecule has 116 valence electrons. The van der Waals surface area contributed by atoms with Gasteiger partial charge >= 0.3 is 6.09 Å². The molecule has 0 saturated carbocycles. The minimum Gasteiger partial charge on any atom is -0.444 e. The first-order valence-electron chi connectivity index (χ1n) is 6.98. The quantitative estimate of drug-likeness (QED) is 0.797. The van der Waals surface area contributed by atoms with Gasteiger partial charge in [-0.2, -0.15) is 0 Å². The van der Waals surface area contributed by atoms with Crippen molar-refractivity contribution in [1.29, 1.82) is 0 Å². The molecule has 0 spiro atoms. The number of ether oxygens (including phenoxy) is 1. The summed E-state index contributed by atoms with van der Waals surface area (Å²) in [6.45, 7) is 6.76. The van der Waals surface area contributed by atoms with Gasteiger partial charge in [0.05, 0.1) is 10.8 Å². The van der Waals surface area contributed by atoms with Crippen LogP contribution in [0, 0.1) is 5.92 Å². The van der Waals surface area contributed by atoms with E-state index < -0.39 is 16.4 Å². The Hall–Kier alpha value is -1.50. The molecule has 1 aromatic rings. The number of likely N-dealkylation sites (tertiary alicyclic amines) is 1. The lowest BCUT2D eigenvalue weighted by Crippen LogP contribution is -2.35. The van der Waals surface area contributed by atoms with Gasteiger partial charge in [0.25, 0.3) is 0 Å². The van der Waals surface area contributed by atoms with Gasteiger partial charge in [0.15, 0.2) is 0 Å². The fourth-order valence-electron chi connectivity index (χ4n) is 2.15. The van der Waals surface area contributed by atoms with Crippen molar-refractivity contribution in [3.63, 3.8) is 0 Å². The molecule has 2 rings (SSSR count). The summed E-state index contributed by atoms with van der Waals surface area (Å²) in [5, 5.41) is 0.355. The van der Waals surface area contributed by atoms with Gasteiger partial charge < -0.3 is 9.64 Å². The number of aromatic nitrogens is 2. The Bertz CT molecular complexity index is 516. The van der Waals surface area contributed by atoms with E-state index in [9.17, 15) is 9.00 Å². The molecule has 1 aliphatic rings. The second-order valence-corrected chi connectivity index (χ2v) is 7.51. The summed E-state index contributed by atoms with van der Waals surface area (Å²) in [6.07, 6.45) is 3.70. The van der Waals surface area contributed by atoms with Gasteiger partial charge in [-0.15, -0.1) is 0 Å². The molecule has 0 aromatic carbocycles. The molecule has 1 fully saturated rings. The van der Waals surface area contributed by atoms with E-state index in [1.807, 2.05) is 20.8 Å². The molecule has 2 heterocycles. The predicted octanol–water partition coefficient (Wildman–Crippen LogP) is 1.84. The number of rotatable bonds is 3. The van der Waals surface area contributed by atoms with Crippen LogP contribution in [0.2, 0.25) is 0 Å². The molecular weight excluding hydrogens is 290 g/mol. The van der Waals surface area contributed by atoms with E-state index in [-0.39, 0.29) is 12.0 Å². The van der Waals surface area contributed by atoms with Crippen LogP contribution in [0.25, 0.3) is 0 Å². The number of amides is 1. The Morgan fingerprint density at radius 3 is 2.71 bits per heavy atom. The molecule has 1 aromatic heterocycles. The maximum atomic E-state index is 12.2. The predicted molar refractivity (Wildman–Crippen MR) is 79.2 cm³/mol. The molecule has 7 heteroatoms. The molecule has 1 amide bonds. The lowest BCUT2D eigenvalue weighted by Gasteiger charge is -2.24. The van der Waals surface area contributed by atoms with Crippen molar-refractivity contribution in [2.45, 2.75) is 37.9 Å². The third kappa shape index (κ3) is 4.77. The molecule has 0 aliphatic carbocycles. The van der Waals surface area contributed by atoms with Crippen LogP contribution in [0.5, 0.6) is 0 Å². The van der Waals surface area contributed by atoms with Crippen LogP contribution in [0.3, 0.4) is 0 Å². The molecule has 0 bridgehead atoms. The standard InChI is InChI=1S/C14H21N3O3S/c1-14(2,3)20-13(18)17-8-5-11(9-17)10-21(19)12-15-6-4-7-16-12/h4,6-7,11H,5,8-10H2,1-3H3/t11-,21+/m1/s1. The van der Waals surface area contributed by atoms with Crippen molar-refractivity contribution in [3.8, 4) is 0 Å². The van der Waals surface area contributed by atoms with Crippen molar-refractivity contribution in [3.05, 3.63) is 18.5 Å². The van der Waals surface area contributed by atoms with E-state index in [4.69, 9.17) is 4.74 Å². The van der Waals surface area contributed by atoms with E-state index in [1.165, 1.54) is 0 Å². The number of hydrogen-bond donors (Lipinski definition) is 0. The van der Waals surface area contributed by atoms with E-state index in [0.29, 0.717) is 24.0 Å². The summed E-state index contributed by atoms with van der Waals surface area (Å²) in [5.74, 6) is 0.672. The van der Waals surface area contributed by atoms with Crippen LogP contribution >= 0.6 is 0 Å². The smallest absolute Gasteiger partial charge is 0.410 e. The fraction of sp³-hybridized carbons (Fsp3) is 0.643. The third-order valence-corrected chi connectivity index (χ3v) is 4.46. The lowest BCUT2D eigenvalue weighted by molar-refractivity contribution is 0.0289. The van der Waals surface area contributed by atoms with Gasteiger partial charge in [-0.1, -0.05) is 0 Å². The van der Waals surface area contributed by atoms with Crippen molar-refractivity contribution >= 4 is 16.9 Å². The number of carbonyl (C=O) groups excluding carboxylic acids is 1. The first kappa shape index (κ1) is 15.9. The maximum Gasteiger partial charge on any atom is 0.410 e. The van der Waals surface area contributed by atoms with E-state index in [0.717, 1.165) is 6.42 Å². The average Bonchev–Trinajstić information content (AvgIpc) is 2.86. The fourth-order valence-corrected chi connectivity index (χ4v) is 3.36. The minimum atomic E-state index is -1.22. The Labute approximate surface area is 127 Å². The first-order valence-corrected chi connectivity index (χ1v) is 8.30. The van der Waals surface area contributed by atoms with Crippen LogP contribution < -0.4 is 0 Å². The van der Waals surface area contributed by atoms with E-state index >= 15 is 0 Å². The molecule has 1 saturated heterocycles. The summed E-state index contributed by atoms with van der Waals surface area (Å²) in [6, 6.07) is 1.69.